The summed E-state index contributed by atoms with van der Waals surface area (Å²) in [6.07, 6.45) is 0. The SMILES string of the molecule is Brc1ccc2oc3cc4c(cc3c2c1)oc1ccc(Br)cc14.C.OB(O)c1ccc2c(c1)c1ccccc1n2-c1ccccc1.c1ccc(-n2c3ccccc3c3cc(-c4ccc5oc6cc7c(cc6c5c4)oc4ccc(-c5ccc6c(c5)c5ccccc5n6-c5ccccc5)cc47)ccc32)cc1. The molecule has 7 aromatic heterocycles. The fourth-order valence-corrected chi connectivity index (χ4v) is 16.1. The van der Waals surface area contributed by atoms with Crippen molar-refractivity contribution in [3.63, 3.8) is 0 Å². The number of nitrogens with zero attached hydrogens (tertiary/aromatic N) is 3. The molecule has 0 spiro atoms. The van der Waals surface area contributed by atoms with Crippen molar-refractivity contribution >= 4 is 198 Å². The molecule has 15 aromatic carbocycles. The molecule has 12 heteroatoms. The average molecular weight is 1460 g/mol. The molecule has 0 amide bonds. The van der Waals surface area contributed by atoms with Gasteiger partial charge in [0.2, 0.25) is 0 Å². The van der Waals surface area contributed by atoms with Crippen molar-refractivity contribution in [1.29, 1.82) is 0 Å². The lowest BCUT2D eigenvalue weighted by Gasteiger charge is -2.08. The van der Waals surface area contributed by atoms with E-state index in [-0.39, 0.29) is 7.43 Å². The Hall–Kier alpha value is -12.2. The van der Waals surface area contributed by atoms with E-state index in [4.69, 9.17) is 17.7 Å². The molecular weight excluding hydrogens is 1400 g/mol. The van der Waals surface area contributed by atoms with Gasteiger partial charge in [-0.2, -0.15) is 0 Å². The van der Waals surface area contributed by atoms with E-state index in [0.717, 1.165) is 147 Å². The largest absolute Gasteiger partial charge is 0.488 e. The maximum atomic E-state index is 9.43. The van der Waals surface area contributed by atoms with E-state index in [2.05, 4.69) is 288 Å². The molecular formula is C91H58BBr2N3O6. The van der Waals surface area contributed by atoms with E-state index >= 15 is 0 Å². The molecule has 0 unspecified atom stereocenters. The lowest BCUT2D eigenvalue weighted by atomic mass is 9.80. The second-order valence-electron chi connectivity index (χ2n) is 26.0. The van der Waals surface area contributed by atoms with E-state index in [9.17, 15) is 10.0 Å². The Morgan fingerprint density at radius 2 is 0.485 bits per heavy atom. The van der Waals surface area contributed by atoms with Gasteiger partial charge >= 0.3 is 7.12 Å². The minimum atomic E-state index is -1.46. The van der Waals surface area contributed by atoms with Gasteiger partial charge in [0.1, 0.15) is 44.7 Å². The van der Waals surface area contributed by atoms with Gasteiger partial charge in [-0.25, -0.2) is 0 Å². The van der Waals surface area contributed by atoms with Gasteiger partial charge in [0.15, 0.2) is 0 Å². The van der Waals surface area contributed by atoms with Crippen LogP contribution < -0.4 is 5.46 Å². The zero-order valence-electron chi connectivity index (χ0n) is 54.2. The van der Waals surface area contributed by atoms with E-state index in [1.54, 1.807) is 6.07 Å². The summed E-state index contributed by atoms with van der Waals surface area (Å²) in [6.45, 7) is 0. The summed E-state index contributed by atoms with van der Waals surface area (Å²) in [5.41, 5.74) is 22.4. The monoisotopic (exact) mass is 1460 g/mol. The van der Waals surface area contributed by atoms with Crippen LogP contribution in [0.3, 0.4) is 0 Å². The summed E-state index contributed by atoms with van der Waals surface area (Å²) in [6, 6.07) is 110. The fourth-order valence-electron chi connectivity index (χ4n) is 15.4. The summed E-state index contributed by atoms with van der Waals surface area (Å²) in [5, 5.41) is 34.5. The number of hydrogen-bond acceptors (Lipinski definition) is 6. The molecule has 0 fully saturated rings. The molecule has 7 heterocycles. The van der Waals surface area contributed by atoms with Crippen molar-refractivity contribution in [3.05, 3.63) is 324 Å². The van der Waals surface area contributed by atoms with Gasteiger partial charge in [-0.15, -0.1) is 0 Å². The van der Waals surface area contributed by atoms with Gasteiger partial charge < -0.3 is 41.4 Å². The summed E-state index contributed by atoms with van der Waals surface area (Å²) in [5.74, 6) is 0. The Labute approximate surface area is 605 Å². The Bertz CT molecular complexity index is 6800. The Kier molecular flexibility index (Phi) is 14.8. The number of rotatable bonds is 6. The maximum absolute atomic E-state index is 9.43. The number of furan rings is 4. The third-order valence-electron chi connectivity index (χ3n) is 20.1. The second kappa shape index (κ2) is 24.6. The standard InChI is InChI=1S/C54H32N2O2.C18H14BNO2.C18H8Br2O2.CH4/c1-3-11-37(12-4-1)55-47-17-9-7-15-39(47)41-27-33(19-23-49(41)55)35-21-25-51-43(29-35)45-31-54-46(32-53(45)57-51)44-30-36(22-26-52(44)58-54)34-20-24-50-42(28-34)40-16-8-10-18-48(40)56(50)38-13-5-2-6-14-38;21-19(22)13-10-11-18-16(12-13)15-8-4-5-9-17(15)20(18)14-6-2-1-3-7-14;19-9-1-3-15-11(5-9)13-7-18-14(8-17(13)21-15)12-6-10(20)2-4-16(12)22-18;/h1-32H;1-12,21-22H;1-8H;1H4. The van der Waals surface area contributed by atoms with Crippen molar-refractivity contribution in [2.75, 3.05) is 0 Å². The quantitative estimate of drug-likeness (QED) is 0.161. The second-order valence-corrected chi connectivity index (χ2v) is 27.8. The Morgan fingerprint density at radius 3 is 0.835 bits per heavy atom. The number of halogens is 2. The molecule has 0 aliphatic carbocycles. The smallest absolute Gasteiger partial charge is 0.456 e. The lowest BCUT2D eigenvalue weighted by Crippen LogP contribution is -2.29. The molecule has 0 bridgehead atoms. The van der Waals surface area contributed by atoms with Gasteiger partial charge in [0.05, 0.1) is 33.1 Å². The number of fused-ring (bicyclic) bond motifs is 21. The van der Waals surface area contributed by atoms with Gasteiger partial charge in [-0.05, 0) is 198 Å². The summed E-state index contributed by atoms with van der Waals surface area (Å²) in [7, 11) is -1.46. The van der Waals surface area contributed by atoms with Crippen LogP contribution >= 0.6 is 31.9 Å². The van der Waals surface area contributed by atoms with Crippen LogP contribution in [0.4, 0.5) is 0 Å². The summed E-state index contributed by atoms with van der Waals surface area (Å²) >= 11 is 7.04. The fraction of sp³-hybridized carbons (Fsp3) is 0.0110. The molecule has 2 N–H and O–H groups in total. The number of aromatic nitrogens is 3. The van der Waals surface area contributed by atoms with Crippen LogP contribution in [0.2, 0.25) is 0 Å². The van der Waals surface area contributed by atoms with Crippen molar-refractivity contribution in [2.45, 2.75) is 7.43 Å². The van der Waals surface area contributed by atoms with Crippen LogP contribution in [0.1, 0.15) is 7.43 Å². The van der Waals surface area contributed by atoms with E-state index in [1.165, 1.54) is 54.7 Å². The highest BCUT2D eigenvalue weighted by Crippen LogP contribution is 2.44. The highest BCUT2D eigenvalue weighted by molar-refractivity contribution is 9.10. The molecule has 0 radical (unpaired) electrons. The molecule has 0 saturated carbocycles. The van der Waals surface area contributed by atoms with Crippen molar-refractivity contribution < 1.29 is 27.7 Å². The summed E-state index contributed by atoms with van der Waals surface area (Å²) < 4.78 is 34.0. The van der Waals surface area contributed by atoms with Crippen molar-refractivity contribution in [2.24, 2.45) is 0 Å². The highest BCUT2D eigenvalue weighted by atomic mass is 79.9. The molecule has 490 valence electrons. The predicted molar refractivity (Wildman–Crippen MR) is 434 cm³/mol. The molecule has 0 saturated heterocycles. The Balaban J connectivity index is 0.000000132. The zero-order valence-corrected chi connectivity index (χ0v) is 57.4. The molecule has 0 atom stereocenters. The van der Waals surface area contributed by atoms with Gasteiger partial charge in [-0.3, -0.25) is 0 Å². The molecule has 0 aliphatic heterocycles. The van der Waals surface area contributed by atoms with Crippen LogP contribution in [-0.4, -0.2) is 30.9 Å². The third kappa shape index (κ3) is 10.3. The normalized spacial score (nSPS) is 11.8. The van der Waals surface area contributed by atoms with Crippen LogP contribution in [0.5, 0.6) is 0 Å². The van der Waals surface area contributed by atoms with Crippen LogP contribution in [0, 0.1) is 0 Å². The lowest BCUT2D eigenvalue weighted by molar-refractivity contribution is 0.426. The van der Waals surface area contributed by atoms with Crippen molar-refractivity contribution in [1.82, 2.24) is 13.7 Å². The molecule has 22 aromatic rings. The van der Waals surface area contributed by atoms with Gasteiger partial charge in [0.25, 0.3) is 0 Å². The third-order valence-corrected chi connectivity index (χ3v) is 21.1. The van der Waals surface area contributed by atoms with E-state index in [1.807, 2.05) is 66.7 Å². The molecule has 0 aliphatic rings. The Morgan fingerprint density at radius 1 is 0.223 bits per heavy atom. The number of para-hydroxylation sites is 6. The predicted octanol–water partition coefficient (Wildman–Crippen LogP) is 25.1. The summed E-state index contributed by atoms with van der Waals surface area (Å²) in [4.78, 5) is 0. The van der Waals surface area contributed by atoms with Crippen LogP contribution in [-0.2, 0) is 0 Å². The van der Waals surface area contributed by atoms with Gasteiger partial charge in [-0.1, -0.05) is 185 Å². The number of benzene rings is 15. The first-order valence-corrected chi connectivity index (χ1v) is 35.4. The van der Waals surface area contributed by atoms with Gasteiger partial charge in [0, 0.05) is 101 Å². The maximum Gasteiger partial charge on any atom is 0.488 e. The zero-order chi connectivity index (χ0) is 67.8. The molecule has 103 heavy (non-hydrogen) atoms. The average Bonchev–Trinajstić information content (AvgIpc) is 1.61. The first-order valence-electron chi connectivity index (χ1n) is 33.8. The van der Waals surface area contributed by atoms with E-state index < -0.39 is 7.12 Å². The minimum absolute atomic E-state index is 0. The first kappa shape index (κ1) is 61.9. The minimum Gasteiger partial charge on any atom is -0.456 e. The molecule has 9 nitrogen and oxygen atoms in total. The van der Waals surface area contributed by atoms with E-state index in [0.29, 0.717) is 5.46 Å². The van der Waals surface area contributed by atoms with Crippen molar-refractivity contribution in [3.8, 4) is 39.3 Å². The highest BCUT2D eigenvalue weighted by Gasteiger charge is 2.21. The van der Waals surface area contributed by atoms with Crippen LogP contribution in [0.15, 0.2) is 342 Å². The topological polar surface area (TPSA) is 108 Å². The number of hydrogen-bond donors (Lipinski definition) is 2. The van der Waals surface area contributed by atoms with Crippen LogP contribution in [0.25, 0.3) is 192 Å². The first-order chi connectivity index (χ1) is 50.2. The molecule has 22 rings (SSSR count).